The minimum absolute atomic E-state index is 0.0300. The van der Waals surface area contributed by atoms with Crippen LogP contribution in [0.4, 0.5) is 13.2 Å². The molecule has 15 heavy (non-hydrogen) atoms. The molecule has 5 heteroatoms. The summed E-state index contributed by atoms with van der Waals surface area (Å²) in [5.41, 5.74) is 0. The Morgan fingerprint density at radius 1 is 1.40 bits per heavy atom. The average molecular weight is 226 g/mol. The highest BCUT2D eigenvalue weighted by Gasteiger charge is 2.20. The molecule has 0 aliphatic rings. The van der Waals surface area contributed by atoms with Crippen LogP contribution in [-0.2, 0) is 9.53 Å². The summed E-state index contributed by atoms with van der Waals surface area (Å²) in [6.45, 7) is 6.79. The maximum absolute atomic E-state index is 11.0. The van der Waals surface area contributed by atoms with Gasteiger partial charge in [0.15, 0.2) is 0 Å². The lowest BCUT2D eigenvalue weighted by molar-refractivity contribution is -0.146. The van der Waals surface area contributed by atoms with Gasteiger partial charge in [-0.15, -0.1) is 0 Å². The molecule has 2 nitrogen and oxygen atoms in total. The van der Waals surface area contributed by atoms with E-state index in [2.05, 4.69) is 0 Å². The topological polar surface area (TPSA) is 26.3 Å². The van der Waals surface area contributed by atoms with Crippen LogP contribution in [-0.4, -0.2) is 18.2 Å². The highest BCUT2D eigenvalue weighted by molar-refractivity contribution is 5.68. The zero-order valence-corrected chi connectivity index (χ0v) is 9.39. The van der Waals surface area contributed by atoms with E-state index in [0.717, 1.165) is 6.08 Å². The second-order valence-electron chi connectivity index (χ2n) is 2.93. The molecular weight excluding hydrogens is 209 g/mol. The van der Waals surface area contributed by atoms with Crippen LogP contribution in [0, 0.1) is 0 Å². The molecule has 0 unspecified atom stereocenters. The molecule has 0 aromatic carbocycles. The number of rotatable bonds is 2. The van der Waals surface area contributed by atoms with E-state index in [1.165, 1.54) is 6.92 Å². The highest BCUT2D eigenvalue weighted by atomic mass is 19.4. The summed E-state index contributed by atoms with van der Waals surface area (Å²) in [6.07, 6.45) is -2.48. The average Bonchev–Trinajstić information content (AvgIpc) is 2.01. The summed E-state index contributed by atoms with van der Waals surface area (Å²) in [5, 5.41) is 0. The summed E-state index contributed by atoms with van der Waals surface area (Å²) < 4.78 is 37.7. The molecule has 0 aliphatic carbocycles. The molecule has 0 aromatic heterocycles. The molecule has 0 amide bonds. The van der Waals surface area contributed by atoms with Crippen molar-refractivity contribution in [2.45, 2.75) is 46.4 Å². The Kier molecular flexibility index (Phi) is 9.11. The largest absolute Gasteiger partial charge is 0.463 e. The SMILES string of the molecule is C/C=C/C(F)(F)F.CCC(=O)OC(C)C. The molecule has 90 valence electrons. The summed E-state index contributed by atoms with van der Waals surface area (Å²) in [6, 6.07) is 0. The normalized spacial score (nSPS) is 11.2. The minimum atomic E-state index is -4.13. The molecule has 0 N–H and O–H groups in total. The van der Waals surface area contributed by atoms with E-state index in [-0.39, 0.29) is 18.1 Å². The quantitative estimate of drug-likeness (QED) is 0.532. The Morgan fingerprint density at radius 3 is 1.93 bits per heavy atom. The molecule has 0 heterocycles. The molecule has 0 atom stereocenters. The van der Waals surface area contributed by atoms with Gasteiger partial charge in [-0.2, -0.15) is 13.2 Å². The van der Waals surface area contributed by atoms with Crippen molar-refractivity contribution in [3.63, 3.8) is 0 Å². The van der Waals surface area contributed by atoms with Gasteiger partial charge in [0.2, 0.25) is 0 Å². The van der Waals surface area contributed by atoms with Crippen LogP contribution in [0.15, 0.2) is 12.2 Å². The number of carbonyl (C=O) groups is 1. The standard InChI is InChI=1S/C6H12O2.C4H5F3/c1-4-6(7)8-5(2)3;1-2-3-4(5,6)7/h5H,4H2,1-3H3;2-3H,1H3/b;3-2+. The summed E-state index contributed by atoms with van der Waals surface area (Å²) in [7, 11) is 0. The number of allylic oxidation sites excluding steroid dienone is 2. The first-order valence-corrected chi connectivity index (χ1v) is 4.63. The van der Waals surface area contributed by atoms with Crippen molar-refractivity contribution in [2.24, 2.45) is 0 Å². The van der Waals surface area contributed by atoms with Gasteiger partial charge in [0.1, 0.15) is 0 Å². The third-order valence-electron chi connectivity index (χ3n) is 1.01. The second-order valence-corrected chi connectivity index (χ2v) is 2.93. The van der Waals surface area contributed by atoms with E-state index < -0.39 is 6.18 Å². The molecule has 0 bridgehead atoms. The fourth-order valence-corrected chi connectivity index (χ4v) is 0.535. The highest BCUT2D eigenvalue weighted by Crippen LogP contribution is 2.15. The number of ether oxygens (including phenoxy) is 1. The maximum Gasteiger partial charge on any atom is 0.409 e. The summed E-state index contributed by atoms with van der Waals surface area (Å²) in [4.78, 5) is 10.4. The van der Waals surface area contributed by atoms with Crippen LogP contribution in [0.2, 0.25) is 0 Å². The second kappa shape index (κ2) is 8.32. The number of hydrogen-bond acceptors (Lipinski definition) is 2. The van der Waals surface area contributed by atoms with Crippen LogP contribution < -0.4 is 0 Å². The number of alkyl halides is 3. The van der Waals surface area contributed by atoms with E-state index in [4.69, 9.17) is 4.74 Å². The third-order valence-corrected chi connectivity index (χ3v) is 1.01. The monoisotopic (exact) mass is 226 g/mol. The van der Waals surface area contributed by atoms with Gasteiger partial charge in [-0.25, -0.2) is 0 Å². The zero-order chi connectivity index (χ0) is 12.5. The van der Waals surface area contributed by atoms with Crippen molar-refractivity contribution >= 4 is 5.97 Å². The van der Waals surface area contributed by atoms with Gasteiger partial charge >= 0.3 is 12.1 Å². The van der Waals surface area contributed by atoms with E-state index in [1.807, 2.05) is 13.8 Å². The van der Waals surface area contributed by atoms with Gasteiger partial charge in [-0.1, -0.05) is 13.0 Å². The molecule has 0 saturated heterocycles. The van der Waals surface area contributed by atoms with Crippen LogP contribution in [0.3, 0.4) is 0 Å². The number of halogens is 3. The fourth-order valence-electron chi connectivity index (χ4n) is 0.535. The van der Waals surface area contributed by atoms with E-state index in [1.54, 1.807) is 6.92 Å². The Morgan fingerprint density at radius 2 is 1.87 bits per heavy atom. The number of esters is 1. The molecule has 0 radical (unpaired) electrons. The lowest BCUT2D eigenvalue weighted by Gasteiger charge is -2.04. The first kappa shape index (κ1) is 16.4. The van der Waals surface area contributed by atoms with Crippen LogP contribution in [0.1, 0.15) is 34.1 Å². The van der Waals surface area contributed by atoms with Crippen molar-refractivity contribution in [1.82, 2.24) is 0 Å². The third kappa shape index (κ3) is 19.4. The predicted molar refractivity (Wildman–Crippen MR) is 52.4 cm³/mol. The molecule has 0 spiro atoms. The van der Waals surface area contributed by atoms with Gasteiger partial charge in [0, 0.05) is 12.5 Å². The predicted octanol–water partition coefficient (Wildman–Crippen LogP) is 3.47. The Bertz CT molecular complexity index is 195. The van der Waals surface area contributed by atoms with Gasteiger partial charge in [-0.05, 0) is 20.8 Å². The molecule has 0 rings (SSSR count). The van der Waals surface area contributed by atoms with Gasteiger partial charge in [0.05, 0.1) is 6.10 Å². The van der Waals surface area contributed by atoms with Crippen LogP contribution in [0.25, 0.3) is 0 Å². The lowest BCUT2D eigenvalue weighted by Crippen LogP contribution is -2.09. The van der Waals surface area contributed by atoms with Gasteiger partial charge < -0.3 is 4.74 Å². The van der Waals surface area contributed by atoms with E-state index >= 15 is 0 Å². The Balaban J connectivity index is 0. The lowest BCUT2D eigenvalue weighted by atomic mass is 10.4. The van der Waals surface area contributed by atoms with Crippen molar-refractivity contribution in [1.29, 1.82) is 0 Å². The van der Waals surface area contributed by atoms with E-state index in [9.17, 15) is 18.0 Å². The summed E-state index contributed by atoms with van der Waals surface area (Å²) >= 11 is 0. The number of carbonyl (C=O) groups excluding carboxylic acids is 1. The van der Waals surface area contributed by atoms with Crippen molar-refractivity contribution < 1.29 is 22.7 Å². The molecule has 0 saturated carbocycles. The molecule has 0 aromatic rings. The van der Waals surface area contributed by atoms with Crippen molar-refractivity contribution in [2.75, 3.05) is 0 Å². The van der Waals surface area contributed by atoms with Crippen LogP contribution >= 0.6 is 0 Å². The van der Waals surface area contributed by atoms with Crippen LogP contribution in [0.5, 0.6) is 0 Å². The van der Waals surface area contributed by atoms with Gasteiger partial charge in [-0.3, -0.25) is 4.79 Å². The molecular formula is C10H17F3O2. The van der Waals surface area contributed by atoms with Crippen molar-refractivity contribution in [3.8, 4) is 0 Å². The maximum atomic E-state index is 11.0. The smallest absolute Gasteiger partial charge is 0.409 e. The minimum Gasteiger partial charge on any atom is -0.463 e. The zero-order valence-electron chi connectivity index (χ0n) is 9.39. The van der Waals surface area contributed by atoms with Crippen molar-refractivity contribution in [3.05, 3.63) is 12.2 Å². The van der Waals surface area contributed by atoms with Gasteiger partial charge in [0.25, 0.3) is 0 Å². The Labute approximate surface area is 88.1 Å². The molecule has 0 aliphatic heterocycles. The molecule has 0 fully saturated rings. The summed E-state index contributed by atoms with van der Waals surface area (Å²) in [5.74, 6) is -0.125. The first-order chi connectivity index (χ1) is 6.72. The Hall–Kier alpha value is -1.00. The fraction of sp³-hybridized carbons (Fsp3) is 0.700. The number of hydrogen-bond donors (Lipinski definition) is 0. The van der Waals surface area contributed by atoms with E-state index in [0.29, 0.717) is 6.42 Å². The first-order valence-electron chi connectivity index (χ1n) is 4.63.